The third kappa shape index (κ3) is 5.90. The van der Waals surface area contributed by atoms with Crippen LogP contribution >= 0.6 is 0 Å². The zero-order valence-corrected chi connectivity index (χ0v) is 15.1. The maximum Gasteiger partial charge on any atom is 0.387 e. The number of alkyl halides is 2. The number of halogens is 3. The highest BCUT2D eigenvalue weighted by Gasteiger charge is 2.13. The standard InChI is InChI=1S/C19H18F3NO5/c1-11-3-5-13(8-14(11)20)18(25)27-10-17(24)23-9-12-4-6-15(28-19(21)22)16(7-12)26-2/h3-8,19H,9-10H2,1-2H3,(H,23,24). The summed E-state index contributed by atoms with van der Waals surface area (Å²) in [4.78, 5) is 23.7. The highest BCUT2D eigenvalue weighted by Crippen LogP contribution is 2.29. The summed E-state index contributed by atoms with van der Waals surface area (Å²) < 4.78 is 52.2. The SMILES string of the molecule is COc1cc(CNC(=O)COC(=O)c2ccc(C)c(F)c2)ccc1OC(F)F. The maximum atomic E-state index is 13.5. The molecule has 0 saturated carbocycles. The van der Waals surface area contributed by atoms with E-state index in [1.807, 2.05) is 0 Å². The highest BCUT2D eigenvalue weighted by molar-refractivity contribution is 5.91. The van der Waals surface area contributed by atoms with Gasteiger partial charge in [-0.15, -0.1) is 0 Å². The lowest BCUT2D eigenvalue weighted by molar-refractivity contribution is -0.124. The Balaban J connectivity index is 1.86. The first kappa shape index (κ1) is 21.1. The molecule has 0 bridgehead atoms. The van der Waals surface area contributed by atoms with Gasteiger partial charge in [0.25, 0.3) is 5.91 Å². The van der Waals surface area contributed by atoms with E-state index in [0.29, 0.717) is 11.1 Å². The third-order valence-electron chi connectivity index (χ3n) is 3.68. The Bertz CT molecular complexity index is 857. The minimum absolute atomic E-state index is 0.00439. The molecule has 0 heterocycles. The fraction of sp³-hybridized carbons (Fsp3) is 0.263. The van der Waals surface area contributed by atoms with Crippen molar-refractivity contribution in [1.29, 1.82) is 0 Å². The van der Waals surface area contributed by atoms with Crippen LogP contribution in [0.5, 0.6) is 11.5 Å². The minimum atomic E-state index is -2.99. The van der Waals surface area contributed by atoms with Gasteiger partial charge < -0.3 is 19.5 Å². The van der Waals surface area contributed by atoms with Crippen LogP contribution in [0.4, 0.5) is 13.2 Å². The second-order valence-electron chi connectivity index (χ2n) is 5.68. The van der Waals surface area contributed by atoms with Gasteiger partial charge in [-0.25, -0.2) is 9.18 Å². The summed E-state index contributed by atoms with van der Waals surface area (Å²) in [5, 5.41) is 2.50. The lowest BCUT2D eigenvalue weighted by atomic mass is 10.1. The molecule has 0 aliphatic carbocycles. The fourth-order valence-corrected chi connectivity index (χ4v) is 2.20. The predicted octanol–water partition coefficient (Wildman–Crippen LogP) is 3.22. The summed E-state index contributed by atoms with van der Waals surface area (Å²) in [7, 11) is 1.30. The summed E-state index contributed by atoms with van der Waals surface area (Å²) in [5.74, 6) is -2.02. The zero-order valence-electron chi connectivity index (χ0n) is 15.1. The van der Waals surface area contributed by atoms with Crippen molar-refractivity contribution in [1.82, 2.24) is 5.32 Å². The molecule has 0 spiro atoms. The zero-order chi connectivity index (χ0) is 20.7. The molecule has 0 radical (unpaired) electrons. The molecule has 6 nitrogen and oxygen atoms in total. The van der Waals surface area contributed by atoms with Gasteiger partial charge in [0.15, 0.2) is 18.1 Å². The van der Waals surface area contributed by atoms with E-state index < -0.39 is 30.9 Å². The molecule has 0 aliphatic rings. The van der Waals surface area contributed by atoms with E-state index in [0.717, 1.165) is 6.07 Å². The predicted molar refractivity (Wildman–Crippen MR) is 92.9 cm³/mol. The Morgan fingerprint density at radius 1 is 1.11 bits per heavy atom. The van der Waals surface area contributed by atoms with Crippen LogP contribution in [-0.4, -0.2) is 32.2 Å². The molecule has 1 N–H and O–H groups in total. The number of hydrogen-bond donors (Lipinski definition) is 1. The van der Waals surface area contributed by atoms with Crippen LogP contribution < -0.4 is 14.8 Å². The topological polar surface area (TPSA) is 73.9 Å². The van der Waals surface area contributed by atoms with E-state index >= 15 is 0 Å². The minimum Gasteiger partial charge on any atom is -0.493 e. The number of esters is 1. The van der Waals surface area contributed by atoms with Gasteiger partial charge in [-0.2, -0.15) is 8.78 Å². The Hall–Kier alpha value is -3.23. The normalized spacial score (nSPS) is 10.5. The van der Waals surface area contributed by atoms with Crippen molar-refractivity contribution in [2.45, 2.75) is 20.1 Å². The van der Waals surface area contributed by atoms with Crippen molar-refractivity contribution >= 4 is 11.9 Å². The first-order valence-electron chi connectivity index (χ1n) is 8.12. The Morgan fingerprint density at radius 2 is 1.86 bits per heavy atom. The number of methoxy groups -OCH3 is 1. The van der Waals surface area contributed by atoms with Gasteiger partial charge in [-0.1, -0.05) is 12.1 Å². The maximum absolute atomic E-state index is 13.5. The van der Waals surface area contributed by atoms with Crippen LogP contribution in [0.15, 0.2) is 36.4 Å². The molecular weight excluding hydrogens is 379 g/mol. The number of benzene rings is 2. The molecule has 0 unspecified atom stereocenters. The second kappa shape index (κ2) is 9.63. The molecule has 0 saturated heterocycles. The highest BCUT2D eigenvalue weighted by atomic mass is 19.3. The average Bonchev–Trinajstić information content (AvgIpc) is 2.66. The summed E-state index contributed by atoms with van der Waals surface area (Å²) in [6, 6.07) is 8.05. The lowest BCUT2D eigenvalue weighted by Crippen LogP contribution is -2.28. The third-order valence-corrected chi connectivity index (χ3v) is 3.68. The number of ether oxygens (including phenoxy) is 3. The number of aryl methyl sites for hydroxylation is 1. The molecule has 2 aromatic carbocycles. The number of amides is 1. The van der Waals surface area contributed by atoms with Crippen LogP contribution in [0, 0.1) is 12.7 Å². The van der Waals surface area contributed by atoms with E-state index in [-0.39, 0.29) is 23.6 Å². The van der Waals surface area contributed by atoms with E-state index in [9.17, 15) is 22.8 Å². The molecule has 0 atom stereocenters. The van der Waals surface area contributed by atoms with E-state index in [4.69, 9.17) is 9.47 Å². The Labute approximate surface area is 159 Å². The van der Waals surface area contributed by atoms with Crippen molar-refractivity contribution in [3.63, 3.8) is 0 Å². The molecule has 28 heavy (non-hydrogen) atoms. The monoisotopic (exact) mass is 397 g/mol. The molecule has 0 aromatic heterocycles. The van der Waals surface area contributed by atoms with E-state index in [1.54, 1.807) is 6.92 Å². The fourth-order valence-electron chi connectivity index (χ4n) is 2.20. The van der Waals surface area contributed by atoms with Gasteiger partial charge in [0.1, 0.15) is 5.82 Å². The molecular formula is C19H18F3NO5. The van der Waals surface area contributed by atoms with Crippen LogP contribution in [0.2, 0.25) is 0 Å². The van der Waals surface area contributed by atoms with Crippen molar-refractivity contribution in [2.24, 2.45) is 0 Å². The summed E-state index contributed by atoms with van der Waals surface area (Å²) in [6.07, 6.45) is 0. The number of carbonyl (C=O) groups is 2. The first-order valence-corrected chi connectivity index (χ1v) is 8.12. The molecule has 150 valence electrons. The quantitative estimate of drug-likeness (QED) is 0.693. The van der Waals surface area contributed by atoms with Crippen LogP contribution in [0.3, 0.4) is 0 Å². The van der Waals surface area contributed by atoms with Gasteiger partial charge in [0, 0.05) is 6.54 Å². The molecule has 0 aliphatic heterocycles. The molecule has 2 aromatic rings. The Morgan fingerprint density at radius 3 is 2.50 bits per heavy atom. The van der Waals surface area contributed by atoms with Crippen molar-refractivity contribution in [3.05, 3.63) is 58.9 Å². The van der Waals surface area contributed by atoms with Crippen molar-refractivity contribution < 1.29 is 37.0 Å². The van der Waals surface area contributed by atoms with Crippen LogP contribution in [0.25, 0.3) is 0 Å². The molecule has 0 fully saturated rings. The second-order valence-corrected chi connectivity index (χ2v) is 5.68. The molecule has 1 amide bonds. The average molecular weight is 397 g/mol. The molecule has 9 heteroatoms. The van der Waals surface area contributed by atoms with E-state index in [2.05, 4.69) is 10.1 Å². The smallest absolute Gasteiger partial charge is 0.387 e. The molecule has 2 rings (SSSR count). The van der Waals surface area contributed by atoms with E-state index in [1.165, 1.54) is 37.4 Å². The van der Waals surface area contributed by atoms with Gasteiger partial charge in [0.2, 0.25) is 0 Å². The number of carbonyl (C=O) groups excluding carboxylic acids is 2. The summed E-state index contributed by atoms with van der Waals surface area (Å²) in [6.45, 7) is -1.95. The summed E-state index contributed by atoms with van der Waals surface area (Å²) in [5.41, 5.74) is 0.934. The number of hydrogen-bond acceptors (Lipinski definition) is 5. The van der Waals surface area contributed by atoms with Gasteiger partial charge in [0.05, 0.1) is 12.7 Å². The largest absolute Gasteiger partial charge is 0.493 e. The number of nitrogens with one attached hydrogen (secondary N) is 1. The summed E-state index contributed by atoms with van der Waals surface area (Å²) >= 11 is 0. The van der Waals surface area contributed by atoms with Crippen molar-refractivity contribution in [2.75, 3.05) is 13.7 Å². The van der Waals surface area contributed by atoms with Gasteiger partial charge >= 0.3 is 12.6 Å². The Kier molecular flexibility index (Phi) is 7.25. The first-order chi connectivity index (χ1) is 13.3. The van der Waals surface area contributed by atoms with Crippen molar-refractivity contribution in [3.8, 4) is 11.5 Å². The van der Waals surface area contributed by atoms with Crippen LogP contribution in [-0.2, 0) is 16.1 Å². The van der Waals surface area contributed by atoms with Crippen LogP contribution in [0.1, 0.15) is 21.5 Å². The number of rotatable bonds is 8. The van der Waals surface area contributed by atoms with Gasteiger partial charge in [-0.05, 0) is 42.3 Å². The van der Waals surface area contributed by atoms with Gasteiger partial charge in [-0.3, -0.25) is 4.79 Å². The lowest BCUT2D eigenvalue weighted by Gasteiger charge is -2.12.